The molecule has 0 fully saturated rings. The van der Waals surface area contributed by atoms with Crippen LogP contribution in [0.1, 0.15) is 0 Å². The van der Waals surface area contributed by atoms with E-state index >= 15 is 0 Å². The average Bonchev–Trinajstić information content (AvgIpc) is 2.26. The molecule has 14 heavy (non-hydrogen) atoms. The molecule has 0 saturated heterocycles. The van der Waals surface area contributed by atoms with Crippen molar-refractivity contribution in [1.29, 1.82) is 0 Å². The number of methoxy groups -OCH3 is 1. The predicted octanol–water partition coefficient (Wildman–Crippen LogP) is -0.0393. The Morgan fingerprint density at radius 3 is 3.07 bits per heavy atom. The highest BCUT2D eigenvalue weighted by atomic mass is 16.5. The number of carbonyl (C=O) groups excluding carboxylic acids is 1. The van der Waals surface area contributed by atoms with Crippen LogP contribution >= 0.6 is 0 Å². The lowest BCUT2D eigenvalue weighted by molar-refractivity contribution is -0.142. The highest BCUT2D eigenvalue weighted by molar-refractivity contribution is 5.75. The van der Waals surface area contributed by atoms with Crippen LogP contribution in [-0.2, 0) is 9.53 Å². The number of hydrogen-bond acceptors (Lipinski definition) is 5. The Bertz CT molecular complexity index is 289. The summed E-state index contributed by atoms with van der Waals surface area (Å²) in [4.78, 5) is 14.7. The summed E-state index contributed by atoms with van der Waals surface area (Å²) in [5, 5.41) is 0. The minimum Gasteiger partial charge on any atom is -0.490 e. The second kappa shape index (κ2) is 5.18. The second-order valence-corrected chi connectivity index (χ2v) is 2.63. The van der Waals surface area contributed by atoms with Crippen LogP contribution in [0.5, 0.6) is 5.75 Å². The summed E-state index contributed by atoms with van der Waals surface area (Å²) in [6, 6.07) is 2.70. The summed E-state index contributed by atoms with van der Waals surface area (Å²) >= 11 is 0. The quantitative estimate of drug-likeness (QED) is 0.684. The van der Waals surface area contributed by atoms with Gasteiger partial charge in [-0.3, -0.25) is 9.78 Å². The molecule has 0 radical (unpaired) electrons. The fraction of sp³-hybridized carbons (Fsp3) is 0.333. The molecule has 1 aromatic rings. The zero-order valence-corrected chi connectivity index (χ0v) is 7.84. The van der Waals surface area contributed by atoms with Gasteiger partial charge in [-0.05, 0) is 12.1 Å². The largest absolute Gasteiger partial charge is 0.490 e. The molecule has 0 bridgehead atoms. The third-order valence-electron chi connectivity index (χ3n) is 1.57. The summed E-state index contributed by atoms with van der Waals surface area (Å²) in [7, 11) is 1.28. The van der Waals surface area contributed by atoms with Crippen LogP contribution in [-0.4, -0.2) is 30.7 Å². The first-order valence-electron chi connectivity index (χ1n) is 4.10. The van der Waals surface area contributed by atoms with E-state index in [9.17, 15) is 4.79 Å². The molecule has 0 aliphatic carbocycles. The molecule has 1 atom stereocenters. The SMILES string of the molecule is COC(=O)C(N)COc1cccnc1. The Balaban J connectivity index is 2.38. The van der Waals surface area contributed by atoms with E-state index in [0.717, 1.165) is 0 Å². The lowest BCUT2D eigenvalue weighted by Gasteiger charge is -2.10. The van der Waals surface area contributed by atoms with Crippen LogP contribution < -0.4 is 10.5 Å². The van der Waals surface area contributed by atoms with E-state index in [0.29, 0.717) is 5.75 Å². The number of rotatable bonds is 4. The summed E-state index contributed by atoms with van der Waals surface area (Å²) in [5.41, 5.74) is 5.46. The van der Waals surface area contributed by atoms with Crippen LogP contribution in [0.4, 0.5) is 0 Å². The van der Waals surface area contributed by atoms with Gasteiger partial charge in [-0.25, -0.2) is 0 Å². The minimum absolute atomic E-state index is 0.0817. The number of hydrogen-bond donors (Lipinski definition) is 1. The number of nitrogens with zero attached hydrogens (tertiary/aromatic N) is 1. The van der Waals surface area contributed by atoms with Crippen molar-refractivity contribution in [2.24, 2.45) is 5.73 Å². The normalized spacial score (nSPS) is 11.9. The topological polar surface area (TPSA) is 74.4 Å². The molecule has 0 spiro atoms. The van der Waals surface area contributed by atoms with Crippen LogP contribution in [0, 0.1) is 0 Å². The standard InChI is InChI=1S/C9H12N2O3/c1-13-9(12)8(10)6-14-7-3-2-4-11-5-7/h2-5,8H,6,10H2,1H3. The Morgan fingerprint density at radius 1 is 1.71 bits per heavy atom. The highest BCUT2D eigenvalue weighted by Crippen LogP contribution is 2.05. The molecule has 1 unspecified atom stereocenters. The molecule has 0 saturated carbocycles. The zero-order chi connectivity index (χ0) is 10.4. The van der Waals surface area contributed by atoms with Crippen molar-refractivity contribution in [1.82, 2.24) is 4.98 Å². The van der Waals surface area contributed by atoms with Crippen LogP contribution in [0.2, 0.25) is 0 Å². The van der Waals surface area contributed by atoms with Gasteiger partial charge in [-0.1, -0.05) is 0 Å². The van der Waals surface area contributed by atoms with Crippen molar-refractivity contribution in [2.75, 3.05) is 13.7 Å². The van der Waals surface area contributed by atoms with Gasteiger partial charge < -0.3 is 15.2 Å². The molecule has 0 amide bonds. The van der Waals surface area contributed by atoms with Crippen LogP contribution in [0.25, 0.3) is 0 Å². The van der Waals surface area contributed by atoms with E-state index in [-0.39, 0.29) is 6.61 Å². The smallest absolute Gasteiger partial charge is 0.326 e. The first-order valence-corrected chi connectivity index (χ1v) is 4.10. The predicted molar refractivity (Wildman–Crippen MR) is 49.7 cm³/mol. The maximum Gasteiger partial charge on any atom is 0.326 e. The van der Waals surface area contributed by atoms with E-state index in [1.807, 2.05) is 0 Å². The van der Waals surface area contributed by atoms with Gasteiger partial charge in [-0.2, -0.15) is 0 Å². The van der Waals surface area contributed by atoms with E-state index in [1.54, 1.807) is 24.5 Å². The Hall–Kier alpha value is -1.62. The number of carbonyl (C=O) groups is 1. The number of ether oxygens (including phenoxy) is 2. The highest BCUT2D eigenvalue weighted by Gasteiger charge is 2.13. The van der Waals surface area contributed by atoms with Crippen molar-refractivity contribution in [3.05, 3.63) is 24.5 Å². The Labute approximate surface area is 81.8 Å². The molecular formula is C9H12N2O3. The molecule has 1 aromatic heterocycles. The second-order valence-electron chi connectivity index (χ2n) is 2.63. The molecule has 0 aliphatic heterocycles. The molecule has 0 aromatic carbocycles. The first kappa shape index (κ1) is 10.5. The zero-order valence-electron chi connectivity index (χ0n) is 7.84. The van der Waals surface area contributed by atoms with E-state index in [1.165, 1.54) is 7.11 Å². The van der Waals surface area contributed by atoms with Gasteiger partial charge in [-0.15, -0.1) is 0 Å². The van der Waals surface area contributed by atoms with Crippen LogP contribution in [0.3, 0.4) is 0 Å². The maximum absolute atomic E-state index is 10.9. The molecule has 2 N–H and O–H groups in total. The van der Waals surface area contributed by atoms with E-state index < -0.39 is 12.0 Å². The van der Waals surface area contributed by atoms with Crippen molar-refractivity contribution < 1.29 is 14.3 Å². The third-order valence-corrected chi connectivity index (χ3v) is 1.57. The summed E-state index contributed by atoms with van der Waals surface area (Å²) in [6.07, 6.45) is 3.18. The number of aromatic nitrogens is 1. The first-order chi connectivity index (χ1) is 6.74. The van der Waals surface area contributed by atoms with Gasteiger partial charge in [0.25, 0.3) is 0 Å². The average molecular weight is 196 g/mol. The minimum atomic E-state index is -0.764. The fourth-order valence-corrected chi connectivity index (χ4v) is 0.838. The number of nitrogens with two attached hydrogens (primary N) is 1. The number of esters is 1. The summed E-state index contributed by atoms with van der Waals surface area (Å²) in [6.45, 7) is 0.0817. The molecule has 76 valence electrons. The molecule has 1 heterocycles. The third kappa shape index (κ3) is 3.02. The van der Waals surface area contributed by atoms with Gasteiger partial charge in [0.15, 0.2) is 0 Å². The maximum atomic E-state index is 10.9. The Morgan fingerprint density at radius 2 is 2.50 bits per heavy atom. The lowest BCUT2D eigenvalue weighted by atomic mass is 10.3. The van der Waals surface area contributed by atoms with Gasteiger partial charge >= 0.3 is 5.97 Å². The molecule has 1 rings (SSSR count). The molecule has 5 nitrogen and oxygen atoms in total. The van der Waals surface area contributed by atoms with Crippen molar-refractivity contribution >= 4 is 5.97 Å². The summed E-state index contributed by atoms with van der Waals surface area (Å²) < 4.78 is 9.64. The monoisotopic (exact) mass is 196 g/mol. The molecule has 0 aliphatic rings. The lowest BCUT2D eigenvalue weighted by Crippen LogP contribution is -2.37. The van der Waals surface area contributed by atoms with Gasteiger partial charge in [0, 0.05) is 6.20 Å². The van der Waals surface area contributed by atoms with Crippen molar-refractivity contribution in [3.63, 3.8) is 0 Å². The Kier molecular flexibility index (Phi) is 3.87. The van der Waals surface area contributed by atoms with Crippen molar-refractivity contribution in [2.45, 2.75) is 6.04 Å². The van der Waals surface area contributed by atoms with Crippen LogP contribution in [0.15, 0.2) is 24.5 Å². The van der Waals surface area contributed by atoms with E-state index in [4.69, 9.17) is 10.5 Å². The van der Waals surface area contributed by atoms with E-state index in [2.05, 4.69) is 9.72 Å². The summed E-state index contributed by atoms with van der Waals surface area (Å²) in [5.74, 6) is 0.0840. The molecular weight excluding hydrogens is 184 g/mol. The van der Waals surface area contributed by atoms with Gasteiger partial charge in [0.05, 0.1) is 13.3 Å². The number of pyridine rings is 1. The van der Waals surface area contributed by atoms with Gasteiger partial charge in [0.1, 0.15) is 18.4 Å². The van der Waals surface area contributed by atoms with Gasteiger partial charge in [0.2, 0.25) is 0 Å². The fourth-order valence-electron chi connectivity index (χ4n) is 0.838. The molecule has 5 heteroatoms. The van der Waals surface area contributed by atoms with Crippen molar-refractivity contribution in [3.8, 4) is 5.75 Å².